The lowest BCUT2D eigenvalue weighted by Crippen LogP contribution is -2.51. The second-order valence-electron chi connectivity index (χ2n) is 4.27. The molecule has 1 aromatic rings. The molecule has 1 atom stereocenters. The van der Waals surface area contributed by atoms with Crippen molar-refractivity contribution in [3.63, 3.8) is 0 Å². The van der Waals surface area contributed by atoms with Gasteiger partial charge in [-0.3, -0.25) is 4.90 Å². The monoisotopic (exact) mass is 268 g/mol. The van der Waals surface area contributed by atoms with Crippen molar-refractivity contribution in [2.45, 2.75) is 6.04 Å². The van der Waals surface area contributed by atoms with E-state index in [2.05, 4.69) is 0 Å². The van der Waals surface area contributed by atoms with Crippen LogP contribution in [0.4, 0.5) is 14.0 Å². The summed E-state index contributed by atoms with van der Waals surface area (Å²) in [5.41, 5.74) is 0.578. The summed E-state index contributed by atoms with van der Waals surface area (Å²) in [6.07, 6.45) is -2.20. The number of carbonyl (C=O) groups is 2. The third-order valence-electron chi connectivity index (χ3n) is 3.15. The molecule has 0 radical (unpaired) electrons. The van der Waals surface area contributed by atoms with Gasteiger partial charge in [0.25, 0.3) is 0 Å². The number of benzene rings is 1. The Morgan fingerprint density at radius 1 is 1.11 bits per heavy atom. The minimum atomic E-state index is -1.11. The van der Waals surface area contributed by atoms with Crippen molar-refractivity contribution >= 4 is 12.2 Å². The quantitative estimate of drug-likeness (QED) is 0.814. The largest absolute Gasteiger partial charge is 0.465 e. The molecule has 7 heteroatoms. The maximum atomic E-state index is 12.9. The van der Waals surface area contributed by atoms with Gasteiger partial charge in [-0.25, -0.2) is 14.0 Å². The third-order valence-corrected chi connectivity index (χ3v) is 3.15. The van der Waals surface area contributed by atoms with Gasteiger partial charge in [-0.05, 0) is 17.7 Å². The standard InChI is InChI=1S/C12H13FN2O4/c13-9-3-1-8(2-4-9)10-7-14(11(16)17)5-6-15(10)12(18)19/h1-4,10H,5-7H2,(H,16,17)(H,18,19)/t10-/m0/s1. The Bertz CT molecular complexity index is 491. The van der Waals surface area contributed by atoms with Crippen LogP contribution in [-0.2, 0) is 0 Å². The Labute approximate surface area is 108 Å². The molecule has 1 aliphatic rings. The van der Waals surface area contributed by atoms with Gasteiger partial charge >= 0.3 is 12.2 Å². The minimum absolute atomic E-state index is 0.0489. The summed E-state index contributed by atoms with van der Waals surface area (Å²) in [4.78, 5) is 24.5. The summed E-state index contributed by atoms with van der Waals surface area (Å²) in [5, 5.41) is 18.1. The molecule has 102 valence electrons. The zero-order chi connectivity index (χ0) is 14.0. The fraction of sp³-hybridized carbons (Fsp3) is 0.333. The van der Waals surface area contributed by atoms with Crippen molar-refractivity contribution in [2.75, 3.05) is 19.6 Å². The number of hydrogen-bond donors (Lipinski definition) is 2. The zero-order valence-electron chi connectivity index (χ0n) is 9.99. The first kappa shape index (κ1) is 13.1. The fourth-order valence-electron chi connectivity index (χ4n) is 2.16. The summed E-state index contributed by atoms with van der Waals surface area (Å²) in [6.45, 7) is 0.288. The van der Waals surface area contributed by atoms with Crippen molar-refractivity contribution in [1.29, 1.82) is 0 Å². The van der Waals surface area contributed by atoms with Gasteiger partial charge in [0.15, 0.2) is 0 Å². The molecule has 0 aliphatic carbocycles. The number of nitrogens with zero attached hydrogens (tertiary/aromatic N) is 2. The molecule has 0 spiro atoms. The number of halogens is 1. The number of hydrogen-bond acceptors (Lipinski definition) is 2. The maximum Gasteiger partial charge on any atom is 0.407 e. The number of rotatable bonds is 1. The van der Waals surface area contributed by atoms with E-state index in [1.54, 1.807) is 0 Å². The molecule has 2 amide bonds. The van der Waals surface area contributed by atoms with Crippen LogP contribution >= 0.6 is 0 Å². The molecule has 1 aliphatic heterocycles. The summed E-state index contributed by atoms with van der Waals surface area (Å²) >= 11 is 0. The molecule has 6 nitrogen and oxygen atoms in total. The molecule has 1 aromatic carbocycles. The highest BCUT2D eigenvalue weighted by Crippen LogP contribution is 2.25. The van der Waals surface area contributed by atoms with Gasteiger partial charge < -0.3 is 15.1 Å². The summed E-state index contributed by atoms with van der Waals surface area (Å²) in [6, 6.07) is 4.80. The average Bonchev–Trinajstić information content (AvgIpc) is 2.38. The molecule has 0 bridgehead atoms. The van der Waals surface area contributed by atoms with Gasteiger partial charge in [-0.2, -0.15) is 0 Å². The number of amides is 2. The Morgan fingerprint density at radius 2 is 1.74 bits per heavy atom. The summed E-state index contributed by atoms with van der Waals surface area (Å²) in [5.74, 6) is -0.420. The molecule has 2 N–H and O–H groups in total. The Hall–Kier alpha value is -2.31. The van der Waals surface area contributed by atoms with E-state index in [-0.39, 0.29) is 19.6 Å². The molecule has 2 rings (SSSR count). The summed E-state index contributed by atoms with van der Waals surface area (Å²) in [7, 11) is 0. The third kappa shape index (κ3) is 2.75. The molecule has 19 heavy (non-hydrogen) atoms. The van der Waals surface area contributed by atoms with Gasteiger partial charge in [0.2, 0.25) is 0 Å². The van der Waals surface area contributed by atoms with Crippen LogP contribution < -0.4 is 0 Å². The van der Waals surface area contributed by atoms with E-state index < -0.39 is 24.0 Å². The predicted molar refractivity (Wildman–Crippen MR) is 63.5 cm³/mol. The molecule has 1 saturated heterocycles. The van der Waals surface area contributed by atoms with E-state index in [0.717, 1.165) is 4.90 Å². The molecular formula is C12H13FN2O4. The number of piperazine rings is 1. The SMILES string of the molecule is O=C(O)N1CCN(C(=O)O)[C@H](c2ccc(F)cc2)C1. The highest BCUT2D eigenvalue weighted by atomic mass is 19.1. The first-order chi connectivity index (χ1) is 8.99. The van der Waals surface area contributed by atoms with Crippen LogP contribution in [0.2, 0.25) is 0 Å². The first-order valence-corrected chi connectivity index (χ1v) is 5.72. The highest BCUT2D eigenvalue weighted by molar-refractivity contribution is 5.68. The van der Waals surface area contributed by atoms with Crippen LogP contribution in [0.3, 0.4) is 0 Å². The first-order valence-electron chi connectivity index (χ1n) is 5.72. The van der Waals surface area contributed by atoms with Crippen LogP contribution in [0, 0.1) is 5.82 Å². The second-order valence-corrected chi connectivity index (χ2v) is 4.27. The molecule has 0 saturated carbocycles. The van der Waals surface area contributed by atoms with Gasteiger partial charge in [0.1, 0.15) is 5.82 Å². The van der Waals surface area contributed by atoms with Crippen LogP contribution in [0.15, 0.2) is 24.3 Å². The van der Waals surface area contributed by atoms with Gasteiger partial charge in [-0.1, -0.05) is 12.1 Å². The van der Waals surface area contributed by atoms with Crippen LogP contribution in [0.25, 0.3) is 0 Å². The molecule has 1 heterocycles. The van der Waals surface area contributed by atoms with Gasteiger partial charge in [0.05, 0.1) is 6.04 Å². The predicted octanol–water partition coefficient (Wildman–Crippen LogP) is 1.84. The Morgan fingerprint density at radius 3 is 2.26 bits per heavy atom. The van der Waals surface area contributed by atoms with E-state index in [4.69, 9.17) is 10.2 Å². The van der Waals surface area contributed by atoms with E-state index in [0.29, 0.717) is 5.56 Å². The van der Waals surface area contributed by atoms with Crippen molar-refractivity contribution in [1.82, 2.24) is 9.80 Å². The summed E-state index contributed by atoms with van der Waals surface area (Å²) < 4.78 is 12.9. The van der Waals surface area contributed by atoms with E-state index in [1.165, 1.54) is 29.2 Å². The fourth-order valence-corrected chi connectivity index (χ4v) is 2.16. The van der Waals surface area contributed by atoms with Crippen LogP contribution in [-0.4, -0.2) is 51.8 Å². The molecular weight excluding hydrogens is 255 g/mol. The van der Waals surface area contributed by atoms with Crippen molar-refractivity contribution in [2.24, 2.45) is 0 Å². The van der Waals surface area contributed by atoms with Gasteiger partial charge in [-0.15, -0.1) is 0 Å². The van der Waals surface area contributed by atoms with Crippen molar-refractivity contribution in [3.8, 4) is 0 Å². The Balaban J connectivity index is 2.27. The minimum Gasteiger partial charge on any atom is -0.465 e. The molecule has 1 fully saturated rings. The van der Waals surface area contributed by atoms with Crippen molar-refractivity contribution in [3.05, 3.63) is 35.6 Å². The lowest BCUT2D eigenvalue weighted by Gasteiger charge is -2.38. The van der Waals surface area contributed by atoms with Crippen molar-refractivity contribution < 1.29 is 24.2 Å². The number of carboxylic acid groups (broad SMARTS) is 2. The van der Waals surface area contributed by atoms with E-state index >= 15 is 0 Å². The maximum absolute atomic E-state index is 12.9. The van der Waals surface area contributed by atoms with E-state index in [1.807, 2.05) is 0 Å². The van der Waals surface area contributed by atoms with Crippen LogP contribution in [0.5, 0.6) is 0 Å². The van der Waals surface area contributed by atoms with E-state index in [9.17, 15) is 14.0 Å². The lowest BCUT2D eigenvalue weighted by atomic mass is 10.0. The second kappa shape index (κ2) is 5.13. The van der Waals surface area contributed by atoms with Crippen LogP contribution in [0.1, 0.15) is 11.6 Å². The lowest BCUT2D eigenvalue weighted by molar-refractivity contribution is 0.0635. The average molecular weight is 268 g/mol. The molecule has 0 aromatic heterocycles. The topological polar surface area (TPSA) is 81.1 Å². The highest BCUT2D eigenvalue weighted by Gasteiger charge is 2.33. The smallest absolute Gasteiger partial charge is 0.407 e. The molecule has 0 unspecified atom stereocenters. The normalized spacial score (nSPS) is 19.3. The Kier molecular flexibility index (Phi) is 3.55. The van der Waals surface area contributed by atoms with Gasteiger partial charge in [0, 0.05) is 19.6 Å². The zero-order valence-corrected chi connectivity index (χ0v) is 9.99.